The second kappa shape index (κ2) is 8.20. The normalized spacial score (nSPS) is 10.4. The highest BCUT2D eigenvalue weighted by Gasteiger charge is 2.11. The highest BCUT2D eigenvalue weighted by atomic mass is 16.5. The third-order valence-electron chi connectivity index (χ3n) is 2.17. The van der Waals surface area contributed by atoms with Crippen LogP contribution in [0.4, 0.5) is 0 Å². The molecule has 19 heavy (non-hydrogen) atoms. The van der Waals surface area contributed by atoms with Crippen LogP contribution < -0.4 is 5.32 Å². The lowest BCUT2D eigenvalue weighted by Crippen LogP contribution is -2.25. The van der Waals surface area contributed by atoms with Crippen molar-refractivity contribution in [3.05, 3.63) is 11.9 Å². The lowest BCUT2D eigenvalue weighted by Gasteiger charge is -2.03. The molecule has 1 aromatic rings. The summed E-state index contributed by atoms with van der Waals surface area (Å²) in [5, 5.41) is 18.4. The highest BCUT2D eigenvalue weighted by molar-refractivity contribution is 5.91. The zero-order chi connectivity index (χ0) is 14.1. The summed E-state index contributed by atoms with van der Waals surface area (Å²) in [6.45, 7) is 3.51. The van der Waals surface area contributed by atoms with Gasteiger partial charge < -0.3 is 15.2 Å². The third-order valence-corrected chi connectivity index (χ3v) is 2.17. The van der Waals surface area contributed by atoms with Crippen molar-refractivity contribution in [2.24, 2.45) is 0 Å². The van der Waals surface area contributed by atoms with Crippen LogP contribution in [-0.2, 0) is 16.1 Å². The van der Waals surface area contributed by atoms with Gasteiger partial charge in [-0.15, -0.1) is 5.10 Å². The number of aromatic nitrogens is 3. The van der Waals surface area contributed by atoms with Crippen molar-refractivity contribution in [3.8, 4) is 0 Å². The van der Waals surface area contributed by atoms with Gasteiger partial charge in [0.25, 0.3) is 5.91 Å². The van der Waals surface area contributed by atoms with Gasteiger partial charge >= 0.3 is 5.97 Å². The summed E-state index contributed by atoms with van der Waals surface area (Å²) in [5.74, 6) is -1.41. The molecule has 1 amide bonds. The number of amides is 1. The van der Waals surface area contributed by atoms with E-state index in [9.17, 15) is 9.59 Å². The maximum absolute atomic E-state index is 11.6. The first kappa shape index (κ1) is 15.1. The number of hydrogen-bond donors (Lipinski definition) is 2. The predicted octanol–water partition coefficient (Wildman–Crippen LogP) is -0.0908. The number of carbonyl (C=O) groups is 2. The fourth-order valence-electron chi connectivity index (χ4n) is 1.33. The zero-order valence-electron chi connectivity index (χ0n) is 10.8. The lowest BCUT2D eigenvalue weighted by molar-refractivity contribution is -0.137. The number of nitrogens with one attached hydrogen (secondary N) is 1. The molecule has 0 saturated carbocycles. The van der Waals surface area contributed by atoms with Crippen molar-refractivity contribution >= 4 is 11.9 Å². The van der Waals surface area contributed by atoms with Gasteiger partial charge in [-0.25, -0.2) is 4.68 Å². The Morgan fingerprint density at radius 2 is 2.26 bits per heavy atom. The predicted molar refractivity (Wildman–Crippen MR) is 65.7 cm³/mol. The Bertz CT molecular complexity index is 419. The second-order valence-electron chi connectivity index (χ2n) is 3.92. The number of nitrogens with zero attached hydrogens (tertiary/aromatic N) is 3. The molecular formula is C11H18N4O4. The van der Waals surface area contributed by atoms with E-state index < -0.39 is 5.97 Å². The van der Waals surface area contributed by atoms with Gasteiger partial charge in [0.2, 0.25) is 0 Å². The molecule has 0 unspecified atom stereocenters. The van der Waals surface area contributed by atoms with E-state index in [4.69, 9.17) is 9.84 Å². The number of carboxylic acids is 1. The Hall–Kier alpha value is -1.96. The molecule has 1 heterocycles. The summed E-state index contributed by atoms with van der Waals surface area (Å²) in [4.78, 5) is 22.1. The maximum Gasteiger partial charge on any atom is 0.325 e. The first-order valence-corrected chi connectivity index (χ1v) is 6.11. The molecule has 0 saturated heterocycles. The van der Waals surface area contributed by atoms with E-state index in [1.165, 1.54) is 6.20 Å². The van der Waals surface area contributed by atoms with Crippen LogP contribution in [0.1, 0.15) is 30.3 Å². The molecule has 0 spiro atoms. The van der Waals surface area contributed by atoms with Gasteiger partial charge in [0.15, 0.2) is 5.69 Å². The summed E-state index contributed by atoms with van der Waals surface area (Å²) in [6.07, 6.45) is 2.99. The van der Waals surface area contributed by atoms with Crippen molar-refractivity contribution in [1.29, 1.82) is 0 Å². The average molecular weight is 270 g/mol. The topological polar surface area (TPSA) is 106 Å². The molecule has 8 nitrogen and oxygen atoms in total. The molecule has 0 fully saturated rings. The molecule has 0 aliphatic carbocycles. The molecule has 1 aromatic heterocycles. The van der Waals surface area contributed by atoms with E-state index >= 15 is 0 Å². The minimum absolute atomic E-state index is 0.107. The SMILES string of the molecule is CCCOCCCNC(=O)c1cn(CC(=O)O)nn1. The largest absolute Gasteiger partial charge is 0.480 e. The summed E-state index contributed by atoms with van der Waals surface area (Å²) < 4.78 is 6.37. The van der Waals surface area contributed by atoms with E-state index in [1.807, 2.05) is 6.92 Å². The van der Waals surface area contributed by atoms with Gasteiger partial charge in [-0.1, -0.05) is 12.1 Å². The lowest BCUT2D eigenvalue weighted by atomic mass is 10.4. The van der Waals surface area contributed by atoms with Crippen molar-refractivity contribution in [1.82, 2.24) is 20.3 Å². The summed E-state index contributed by atoms with van der Waals surface area (Å²) >= 11 is 0. The minimum Gasteiger partial charge on any atom is -0.480 e. The molecule has 2 N–H and O–H groups in total. The van der Waals surface area contributed by atoms with Crippen LogP contribution in [0.25, 0.3) is 0 Å². The zero-order valence-corrected chi connectivity index (χ0v) is 10.8. The molecule has 1 rings (SSSR count). The van der Waals surface area contributed by atoms with Crippen LogP contribution in [0.2, 0.25) is 0 Å². The molecule has 106 valence electrons. The maximum atomic E-state index is 11.6. The number of rotatable bonds is 9. The molecule has 0 radical (unpaired) electrons. The summed E-state index contributed by atoms with van der Waals surface area (Å²) in [5.41, 5.74) is 0.107. The summed E-state index contributed by atoms with van der Waals surface area (Å²) in [7, 11) is 0. The van der Waals surface area contributed by atoms with Crippen LogP contribution in [0, 0.1) is 0 Å². The van der Waals surface area contributed by atoms with Gasteiger partial charge in [0.1, 0.15) is 6.54 Å². The first-order chi connectivity index (χ1) is 9.13. The van der Waals surface area contributed by atoms with Gasteiger partial charge in [0.05, 0.1) is 6.20 Å². The van der Waals surface area contributed by atoms with Crippen molar-refractivity contribution < 1.29 is 19.4 Å². The summed E-state index contributed by atoms with van der Waals surface area (Å²) in [6, 6.07) is 0. The molecule has 0 atom stereocenters. The minimum atomic E-state index is -1.04. The van der Waals surface area contributed by atoms with Crippen LogP contribution in [-0.4, -0.2) is 51.7 Å². The smallest absolute Gasteiger partial charge is 0.325 e. The second-order valence-corrected chi connectivity index (χ2v) is 3.92. The van der Waals surface area contributed by atoms with E-state index in [-0.39, 0.29) is 18.1 Å². The highest BCUT2D eigenvalue weighted by Crippen LogP contribution is 1.93. The Labute approximate surface area is 110 Å². The Morgan fingerprint density at radius 3 is 2.95 bits per heavy atom. The fraction of sp³-hybridized carbons (Fsp3) is 0.636. The number of aliphatic carboxylic acids is 1. The van der Waals surface area contributed by atoms with Crippen molar-refractivity contribution in [2.75, 3.05) is 19.8 Å². The number of carboxylic acid groups (broad SMARTS) is 1. The third kappa shape index (κ3) is 5.96. The number of hydrogen-bond acceptors (Lipinski definition) is 5. The number of ether oxygens (including phenoxy) is 1. The average Bonchev–Trinajstić information content (AvgIpc) is 2.81. The van der Waals surface area contributed by atoms with E-state index in [0.717, 1.165) is 24.1 Å². The van der Waals surface area contributed by atoms with Crippen molar-refractivity contribution in [2.45, 2.75) is 26.3 Å². The quantitative estimate of drug-likeness (QED) is 0.607. The molecule has 8 heteroatoms. The monoisotopic (exact) mass is 270 g/mol. The molecular weight excluding hydrogens is 252 g/mol. The van der Waals surface area contributed by atoms with Crippen molar-refractivity contribution in [3.63, 3.8) is 0 Å². The Balaban J connectivity index is 2.25. The van der Waals surface area contributed by atoms with Crippen LogP contribution in [0.5, 0.6) is 0 Å². The Kier molecular flexibility index (Phi) is 6.51. The van der Waals surface area contributed by atoms with E-state index in [0.29, 0.717) is 13.2 Å². The van der Waals surface area contributed by atoms with Gasteiger partial charge in [-0.05, 0) is 12.8 Å². The van der Waals surface area contributed by atoms with Gasteiger partial charge in [-0.3, -0.25) is 9.59 Å². The Morgan fingerprint density at radius 1 is 1.47 bits per heavy atom. The molecule has 0 aliphatic rings. The molecule has 0 bridgehead atoms. The first-order valence-electron chi connectivity index (χ1n) is 6.11. The number of carbonyl (C=O) groups excluding carboxylic acids is 1. The molecule has 0 aliphatic heterocycles. The van der Waals surface area contributed by atoms with Crippen LogP contribution in [0.3, 0.4) is 0 Å². The van der Waals surface area contributed by atoms with Crippen LogP contribution >= 0.6 is 0 Å². The fourth-order valence-corrected chi connectivity index (χ4v) is 1.33. The van der Waals surface area contributed by atoms with Gasteiger partial charge in [0, 0.05) is 19.8 Å². The van der Waals surface area contributed by atoms with Crippen LogP contribution in [0.15, 0.2) is 6.20 Å². The van der Waals surface area contributed by atoms with E-state index in [2.05, 4.69) is 15.6 Å². The standard InChI is InChI=1S/C11H18N4O4/c1-2-5-19-6-3-4-12-11(18)9-7-15(14-13-9)8-10(16)17/h7H,2-6,8H2,1H3,(H,12,18)(H,16,17). The van der Waals surface area contributed by atoms with Gasteiger partial charge in [-0.2, -0.15) is 0 Å². The van der Waals surface area contributed by atoms with E-state index in [1.54, 1.807) is 0 Å². The molecule has 0 aromatic carbocycles.